The summed E-state index contributed by atoms with van der Waals surface area (Å²) in [5.41, 5.74) is 5.67. The number of hydrogen-bond donors (Lipinski definition) is 1. The lowest BCUT2D eigenvalue weighted by atomic mass is 9.88. The number of nitrogens with zero attached hydrogens (tertiary/aromatic N) is 1. The Labute approximate surface area is 105 Å². The molecule has 0 bridgehead atoms. The number of ether oxygens (including phenoxy) is 1. The average molecular weight is 246 g/mol. The zero-order valence-corrected chi connectivity index (χ0v) is 12.1. The van der Waals surface area contributed by atoms with Crippen LogP contribution in [-0.2, 0) is 4.74 Å². The highest BCUT2D eigenvalue weighted by Gasteiger charge is 2.21. The topological polar surface area (TPSA) is 38.5 Å². The molecule has 1 unspecified atom stereocenters. The van der Waals surface area contributed by atoms with Gasteiger partial charge >= 0.3 is 0 Å². The van der Waals surface area contributed by atoms with Crippen molar-refractivity contribution in [3.63, 3.8) is 0 Å². The van der Waals surface area contributed by atoms with Gasteiger partial charge in [-0.25, -0.2) is 0 Å². The van der Waals surface area contributed by atoms with Gasteiger partial charge in [-0.05, 0) is 33.4 Å². The van der Waals surface area contributed by atoms with Crippen molar-refractivity contribution in [1.29, 1.82) is 0 Å². The van der Waals surface area contributed by atoms with Crippen LogP contribution in [0.2, 0.25) is 0 Å². The second kappa shape index (κ2) is 7.20. The molecule has 0 rings (SSSR count). The van der Waals surface area contributed by atoms with Gasteiger partial charge in [-0.3, -0.25) is 0 Å². The largest absolute Gasteiger partial charge is 0.393 e. The fourth-order valence-electron chi connectivity index (χ4n) is 1.48. The zero-order chi connectivity index (χ0) is 12.8. The summed E-state index contributed by atoms with van der Waals surface area (Å²) >= 11 is 5.05. The quantitative estimate of drug-likeness (QED) is 0.665. The fourth-order valence-corrected chi connectivity index (χ4v) is 1.58. The summed E-state index contributed by atoms with van der Waals surface area (Å²) in [6, 6.07) is 0.456. The standard InChI is InChI=1S/C12H26N2OS/c1-10(9-15-5)14(4)8-6-7-12(2,3)11(13)16/h10H,6-9H2,1-5H3,(H2,13,16). The Kier molecular flexibility index (Phi) is 7.11. The fraction of sp³-hybridized carbons (Fsp3) is 0.917. The molecule has 0 radical (unpaired) electrons. The molecular weight excluding hydrogens is 220 g/mol. The summed E-state index contributed by atoms with van der Waals surface area (Å²) < 4.78 is 5.13. The zero-order valence-electron chi connectivity index (χ0n) is 11.2. The van der Waals surface area contributed by atoms with Crippen LogP contribution in [0.1, 0.15) is 33.6 Å². The number of thiocarbonyl (C=S) groups is 1. The van der Waals surface area contributed by atoms with E-state index in [-0.39, 0.29) is 5.41 Å². The number of rotatable bonds is 8. The van der Waals surface area contributed by atoms with E-state index in [4.69, 9.17) is 22.7 Å². The lowest BCUT2D eigenvalue weighted by molar-refractivity contribution is 0.113. The molecule has 3 nitrogen and oxygen atoms in total. The summed E-state index contributed by atoms with van der Waals surface area (Å²) in [6.45, 7) is 8.20. The second-order valence-electron chi connectivity index (χ2n) is 5.14. The van der Waals surface area contributed by atoms with Crippen molar-refractivity contribution in [3.8, 4) is 0 Å². The van der Waals surface area contributed by atoms with Crippen LogP contribution in [0.25, 0.3) is 0 Å². The van der Waals surface area contributed by atoms with Crippen molar-refractivity contribution in [3.05, 3.63) is 0 Å². The van der Waals surface area contributed by atoms with Crippen LogP contribution in [0.4, 0.5) is 0 Å². The third-order valence-corrected chi connectivity index (χ3v) is 3.69. The lowest BCUT2D eigenvalue weighted by Gasteiger charge is -2.27. The van der Waals surface area contributed by atoms with Crippen LogP contribution in [0, 0.1) is 5.41 Å². The van der Waals surface area contributed by atoms with Crippen LogP contribution >= 0.6 is 12.2 Å². The Morgan fingerprint density at radius 3 is 2.50 bits per heavy atom. The highest BCUT2D eigenvalue weighted by Crippen LogP contribution is 2.22. The van der Waals surface area contributed by atoms with E-state index in [0.717, 1.165) is 26.0 Å². The van der Waals surface area contributed by atoms with Crippen LogP contribution in [0.15, 0.2) is 0 Å². The maximum absolute atomic E-state index is 5.69. The van der Waals surface area contributed by atoms with Crippen LogP contribution in [0.3, 0.4) is 0 Å². The molecule has 96 valence electrons. The van der Waals surface area contributed by atoms with Crippen molar-refractivity contribution >= 4 is 17.2 Å². The van der Waals surface area contributed by atoms with Crippen LogP contribution in [-0.4, -0.2) is 43.2 Å². The molecule has 0 aromatic heterocycles. The molecule has 0 aliphatic heterocycles. The van der Waals surface area contributed by atoms with Gasteiger partial charge in [0.15, 0.2) is 0 Å². The summed E-state index contributed by atoms with van der Waals surface area (Å²) in [7, 11) is 3.86. The molecule has 0 aliphatic carbocycles. The van der Waals surface area contributed by atoms with Gasteiger partial charge in [0.05, 0.1) is 11.6 Å². The van der Waals surface area contributed by atoms with Crippen LogP contribution < -0.4 is 5.73 Å². The third-order valence-electron chi connectivity index (χ3n) is 3.14. The van der Waals surface area contributed by atoms with Crippen molar-refractivity contribution in [2.75, 3.05) is 27.3 Å². The second-order valence-corrected chi connectivity index (χ2v) is 5.58. The van der Waals surface area contributed by atoms with E-state index in [9.17, 15) is 0 Å². The van der Waals surface area contributed by atoms with Gasteiger partial charge in [0.1, 0.15) is 0 Å². The van der Waals surface area contributed by atoms with Gasteiger partial charge in [0, 0.05) is 18.6 Å². The summed E-state index contributed by atoms with van der Waals surface area (Å²) in [5, 5.41) is 0. The lowest BCUT2D eigenvalue weighted by Crippen LogP contribution is -2.35. The van der Waals surface area contributed by atoms with Gasteiger partial charge < -0.3 is 15.4 Å². The normalized spacial score (nSPS) is 14.1. The SMILES string of the molecule is COCC(C)N(C)CCCC(C)(C)C(N)=S. The monoisotopic (exact) mass is 246 g/mol. The maximum Gasteiger partial charge on any atom is 0.0784 e. The van der Waals surface area contributed by atoms with Crippen LogP contribution in [0.5, 0.6) is 0 Å². The molecule has 0 aromatic rings. The van der Waals surface area contributed by atoms with Gasteiger partial charge in [-0.2, -0.15) is 0 Å². The minimum atomic E-state index is -0.0271. The first kappa shape index (κ1) is 15.8. The van der Waals surface area contributed by atoms with E-state index in [0.29, 0.717) is 11.0 Å². The van der Waals surface area contributed by atoms with Crippen molar-refractivity contribution in [2.24, 2.45) is 11.1 Å². The molecule has 0 saturated heterocycles. The Hall–Kier alpha value is -0.190. The summed E-state index contributed by atoms with van der Waals surface area (Å²) in [6.07, 6.45) is 2.14. The molecule has 0 fully saturated rings. The molecule has 4 heteroatoms. The number of likely N-dealkylation sites (N-methyl/N-ethyl adjacent to an activating group) is 1. The number of methoxy groups -OCH3 is 1. The molecule has 0 heterocycles. The molecule has 2 N–H and O–H groups in total. The Morgan fingerprint density at radius 2 is 2.06 bits per heavy atom. The van der Waals surface area contributed by atoms with Gasteiger partial charge in [-0.1, -0.05) is 26.1 Å². The minimum Gasteiger partial charge on any atom is -0.393 e. The first-order valence-electron chi connectivity index (χ1n) is 5.80. The first-order chi connectivity index (χ1) is 7.31. The third kappa shape index (κ3) is 5.77. The van der Waals surface area contributed by atoms with E-state index < -0.39 is 0 Å². The van der Waals surface area contributed by atoms with Gasteiger partial charge in [0.2, 0.25) is 0 Å². The molecule has 16 heavy (non-hydrogen) atoms. The first-order valence-corrected chi connectivity index (χ1v) is 6.21. The summed E-state index contributed by atoms with van der Waals surface area (Å²) in [5.74, 6) is 0. The predicted octanol–water partition coefficient (Wildman–Crippen LogP) is 2.05. The van der Waals surface area contributed by atoms with E-state index >= 15 is 0 Å². The van der Waals surface area contributed by atoms with Gasteiger partial charge in [0.25, 0.3) is 0 Å². The maximum atomic E-state index is 5.69. The van der Waals surface area contributed by atoms with E-state index in [1.807, 2.05) is 0 Å². The Bertz CT molecular complexity index is 219. The Balaban J connectivity index is 3.85. The molecule has 0 saturated carbocycles. The van der Waals surface area contributed by atoms with Crippen molar-refractivity contribution in [2.45, 2.75) is 39.7 Å². The number of nitrogens with two attached hydrogens (primary N) is 1. The van der Waals surface area contributed by atoms with Gasteiger partial charge in [-0.15, -0.1) is 0 Å². The molecule has 1 atom stereocenters. The highest BCUT2D eigenvalue weighted by molar-refractivity contribution is 7.80. The van der Waals surface area contributed by atoms with Crippen molar-refractivity contribution in [1.82, 2.24) is 4.90 Å². The molecule has 0 spiro atoms. The highest BCUT2D eigenvalue weighted by atomic mass is 32.1. The number of hydrogen-bond acceptors (Lipinski definition) is 3. The summed E-state index contributed by atoms with van der Waals surface area (Å²) in [4.78, 5) is 2.92. The minimum absolute atomic E-state index is 0.0271. The molecule has 0 amide bonds. The van der Waals surface area contributed by atoms with Crippen molar-refractivity contribution < 1.29 is 4.74 Å². The molecule has 0 aliphatic rings. The Morgan fingerprint density at radius 1 is 1.50 bits per heavy atom. The smallest absolute Gasteiger partial charge is 0.0784 e. The van der Waals surface area contributed by atoms with E-state index in [1.165, 1.54) is 0 Å². The molecule has 0 aromatic carbocycles. The average Bonchev–Trinajstić information content (AvgIpc) is 2.17. The molecular formula is C12H26N2OS. The van der Waals surface area contributed by atoms with E-state index in [2.05, 4.69) is 32.7 Å². The van der Waals surface area contributed by atoms with E-state index in [1.54, 1.807) is 7.11 Å². The predicted molar refractivity (Wildman–Crippen MR) is 73.8 cm³/mol.